The molecule has 4 heteroatoms. The Labute approximate surface area is 131 Å². The second-order valence-corrected chi connectivity index (χ2v) is 6.58. The standard InChI is InChI=1S/C18H25FN2O/c1-10(2)18(22)17(21-11(3)4)12(5)15-9-20-16-7-6-13(19)8-14(15)16/h6-12,17,20-21H,1-5H3/t12-,17-/m0/s1. The smallest absolute Gasteiger partial charge is 0.152 e. The molecule has 22 heavy (non-hydrogen) atoms. The van der Waals surface area contributed by atoms with Crippen molar-refractivity contribution in [3.05, 3.63) is 35.8 Å². The van der Waals surface area contributed by atoms with Crippen molar-refractivity contribution in [2.45, 2.75) is 52.6 Å². The first-order valence-electron chi connectivity index (χ1n) is 7.87. The van der Waals surface area contributed by atoms with Gasteiger partial charge in [0.1, 0.15) is 5.82 Å². The number of aromatic nitrogens is 1. The van der Waals surface area contributed by atoms with E-state index in [1.807, 2.05) is 40.8 Å². The van der Waals surface area contributed by atoms with Crippen LogP contribution >= 0.6 is 0 Å². The summed E-state index contributed by atoms with van der Waals surface area (Å²) in [4.78, 5) is 15.7. The maximum absolute atomic E-state index is 13.6. The second kappa shape index (κ2) is 6.61. The number of nitrogens with one attached hydrogen (secondary N) is 2. The molecule has 0 spiro atoms. The first kappa shape index (κ1) is 16.7. The number of rotatable bonds is 6. The molecule has 3 nitrogen and oxygen atoms in total. The van der Waals surface area contributed by atoms with Gasteiger partial charge in [0, 0.05) is 35.0 Å². The summed E-state index contributed by atoms with van der Waals surface area (Å²) >= 11 is 0. The number of hydrogen-bond acceptors (Lipinski definition) is 2. The first-order valence-corrected chi connectivity index (χ1v) is 7.87. The van der Waals surface area contributed by atoms with E-state index in [2.05, 4.69) is 10.3 Å². The van der Waals surface area contributed by atoms with Crippen LogP contribution in [0.5, 0.6) is 0 Å². The molecular weight excluding hydrogens is 279 g/mol. The van der Waals surface area contributed by atoms with E-state index in [0.717, 1.165) is 16.5 Å². The van der Waals surface area contributed by atoms with Crippen LogP contribution in [0.15, 0.2) is 24.4 Å². The molecule has 0 aliphatic rings. The largest absolute Gasteiger partial charge is 0.361 e. The molecule has 0 radical (unpaired) electrons. The van der Waals surface area contributed by atoms with Crippen LogP contribution in [0.3, 0.4) is 0 Å². The topological polar surface area (TPSA) is 44.9 Å². The van der Waals surface area contributed by atoms with E-state index < -0.39 is 0 Å². The van der Waals surface area contributed by atoms with Crippen LogP contribution in [0.25, 0.3) is 10.9 Å². The minimum Gasteiger partial charge on any atom is -0.361 e. The van der Waals surface area contributed by atoms with Crippen molar-refractivity contribution in [1.82, 2.24) is 10.3 Å². The summed E-state index contributed by atoms with van der Waals surface area (Å²) in [6, 6.07) is 4.63. The second-order valence-electron chi connectivity index (χ2n) is 6.58. The number of carbonyl (C=O) groups is 1. The predicted molar refractivity (Wildman–Crippen MR) is 88.6 cm³/mol. The number of Topliss-reactive ketones (excluding diaryl/α,β-unsaturated/α-hetero) is 1. The average molecular weight is 304 g/mol. The molecule has 0 aliphatic carbocycles. The maximum Gasteiger partial charge on any atom is 0.152 e. The Hall–Kier alpha value is -1.68. The molecule has 0 unspecified atom stereocenters. The fourth-order valence-corrected chi connectivity index (χ4v) is 2.86. The third-order valence-corrected chi connectivity index (χ3v) is 4.05. The van der Waals surface area contributed by atoms with Crippen LogP contribution in [-0.4, -0.2) is 22.9 Å². The monoisotopic (exact) mass is 304 g/mol. The van der Waals surface area contributed by atoms with Crippen molar-refractivity contribution in [1.29, 1.82) is 0 Å². The van der Waals surface area contributed by atoms with E-state index in [1.165, 1.54) is 12.1 Å². The lowest BCUT2D eigenvalue weighted by Crippen LogP contribution is -2.46. The first-order chi connectivity index (χ1) is 10.3. The summed E-state index contributed by atoms with van der Waals surface area (Å²) in [5.74, 6) is -0.149. The molecule has 2 atom stereocenters. The molecule has 0 bridgehead atoms. The van der Waals surface area contributed by atoms with Gasteiger partial charge in [-0.05, 0) is 23.8 Å². The number of aromatic amines is 1. The highest BCUT2D eigenvalue weighted by atomic mass is 19.1. The van der Waals surface area contributed by atoms with E-state index in [4.69, 9.17) is 0 Å². The van der Waals surface area contributed by atoms with Crippen LogP contribution in [-0.2, 0) is 4.79 Å². The maximum atomic E-state index is 13.6. The van der Waals surface area contributed by atoms with E-state index >= 15 is 0 Å². The summed E-state index contributed by atoms with van der Waals surface area (Å²) in [7, 11) is 0. The van der Waals surface area contributed by atoms with Gasteiger partial charge in [-0.3, -0.25) is 4.79 Å². The Morgan fingerprint density at radius 1 is 1.18 bits per heavy atom. The quantitative estimate of drug-likeness (QED) is 0.847. The Balaban J connectivity index is 2.41. The Kier molecular flexibility index (Phi) is 5.01. The number of H-pyrrole nitrogens is 1. The van der Waals surface area contributed by atoms with Crippen molar-refractivity contribution in [2.75, 3.05) is 0 Å². The van der Waals surface area contributed by atoms with Gasteiger partial charge < -0.3 is 10.3 Å². The van der Waals surface area contributed by atoms with Crippen LogP contribution in [0, 0.1) is 11.7 Å². The number of benzene rings is 1. The summed E-state index contributed by atoms with van der Waals surface area (Å²) in [6.07, 6.45) is 1.89. The molecule has 0 fully saturated rings. The minimum absolute atomic E-state index is 0.0344. The Bertz CT molecular complexity index is 660. The summed E-state index contributed by atoms with van der Waals surface area (Å²) in [5.41, 5.74) is 1.87. The van der Waals surface area contributed by atoms with Crippen molar-refractivity contribution < 1.29 is 9.18 Å². The summed E-state index contributed by atoms with van der Waals surface area (Å²) in [5, 5.41) is 4.22. The van der Waals surface area contributed by atoms with Gasteiger partial charge in [-0.25, -0.2) is 4.39 Å². The molecule has 0 saturated carbocycles. The normalized spacial score (nSPS) is 14.7. The molecule has 1 aromatic carbocycles. The van der Waals surface area contributed by atoms with Crippen molar-refractivity contribution in [3.63, 3.8) is 0 Å². The number of hydrogen-bond donors (Lipinski definition) is 2. The van der Waals surface area contributed by atoms with Gasteiger partial charge in [-0.15, -0.1) is 0 Å². The highest BCUT2D eigenvalue weighted by Gasteiger charge is 2.29. The van der Waals surface area contributed by atoms with Crippen LogP contribution < -0.4 is 5.32 Å². The Morgan fingerprint density at radius 3 is 2.45 bits per heavy atom. The number of ketones is 1. The van der Waals surface area contributed by atoms with E-state index in [1.54, 1.807) is 6.07 Å². The SMILES string of the molecule is CC(C)N[C@H](C(=O)C(C)C)[C@@H](C)c1c[nH]c2ccc(F)cc12. The summed E-state index contributed by atoms with van der Waals surface area (Å²) in [6.45, 7) is 9.91. The van der Waals surface area contributed by atoms with Crippen LogP contribution in [0.2, 0.25) is 0 Å². The Morgan fingerprint density at radius 2 is 1.86 bits per heavy atom. The molecule has 0 amide bonds. The molecule has 2 aromatic rings. The molecule has 0 saturated heterocycles. The molecule has 2 rings (SSSR count). The zero-order valence-corrected chi connectivity index (χ0v) is 13.9. The molecule has 2 N–H and O–H groups in total. The van der Waals surface area contributed by atoms with Crippen LogP contribution in [0.1, 0.15) is 46.1 Å². The van der Waals surface area contributed by atoms with Gasteiger partial charge in [-0.1, -0.05) is 34.6 Å². The lowest BCUT2D eigenvalue weighted by Gasteiger charge is -2.27. The number of carbonyl (C=O) groups excluding carboxylic acids is 1. The van der Waals surface area contributed by atoms with E-state index in [9.17, 15) is 9.18 Å². The van der Waals surface area contributed by atoms with Crippen molar-refractivity contribution >= 4 is 16.7 Å². The van der Waals surface area contributed by atoms with E-state index in [0.29, 0.717) is 0 Å². The van der Waals surface area contributed by atoms with Gasteiger partial charge in [0.05, 0.1) is 6.04 Å². The lowest BCUT2D eigenvalue weighted by atomic mass is 9.86. The average Bonchev–Trinajstić information content (AvgIpc) is 2.85. The van der Waals surface area contributed by atoms with Crippen LogP contribution in [0.4, 0.5) is 4.39 Å². The zero-order valence-electron chi connectivity index (χ0n) is 13.9. The zero-order chi connectivity index (χ0) is 16.4. The molecule has 120 valence electrons. The molecular formula is C18H25FN2O. The van der Waals surface area contributed by atoms with E-state index in [-0.39, 0.29) is 35.5 Å². The molecule has 0 aliphatic heterocycles. The van der Waals surface area contributed by atoms with Gasteiger partial charge in [0.15, 0.2) is 5.78 Å². The number of fused-ring (bicyclic) bond motifs is 1. The third kappa shape index (κ3) is 3.38. The van der Waals surface area contributed by atoms with Gasteiger partial charge in [0.2, 0.25) is 0 Å². The fourth-order valence-electron chi connectivity index (χ4n) is 2.86. The third-order valence-electron chi connectivity index (χ3n) is 4.05. The summed E-state index contributed by atoms with van der Waals surface area (Å²) < 4.78 is 13.6. The van der Waals surface area contributed by atoms with Crippen molar-refractivity contribution in [2.24, 2.45) is 5.92 Å². The fraction of sp³-hybridized carbons (Fsp3) is 0.500. The number of halogens is 1. The highest BCUT2D eigenvalue weighted by molar-refractivity contribution is 5.89. The van der Waals surface area contributed by atoms with Gasteiger partial charge in [-0.2, -0.15) is 0 Å². The van der Waals surface area contributed by atoms with Gasteiger partial charge in [0.25, 0.3) is 0 Å². The predicted octanol–water partition coefficient (Wildman–Crippen LogP) is 4.00. The molecule has 1 aromatic heterocycles. The minimum atomic E-state index is -0.276. The van der Waals surface area contributed by atoms with Crippen molar-refractivity contribution in [3.8, 4) is 0 Å². The highest BCUT2D eigenvalue weighted by Crippen LogP contribution is 2.29. The van der Waals surface area contributed by atoms with Gasteiger partial charge >= 0.3 is 0 Å². The lowest BCUT2D eigenvalue weighted by molar-refractivity contribution is -0.124. The molecule has 1 heterocycles.